The molecule has 3 heteroatoms. The Morgan fingerprint density at radius 1 is 1.31 bits per heavy atom. The van der Waals surface area contributed by atoms with Gasteiger partial charge in [0.05, 0.1) is 0 Å². The summed E-state index contributed by atoms with van der Waals surface area (Å²) in [4.78, 5) is 13.4. The Hall–Kier alpha value is -0.570. The van der Waals surface area contributed by atoms with Gasteiger partial charge in [0, 0.05) is 13.6 Å². The number of carbonyl (C=O) groups excluding carboxylic acids is 1. The molecule has 1 fully saturated rings. The molecule has 1 saturated carbocycles. The highest BCUT2D eigenvalue weighted by Gasteiger charge is 2.27. The standard InChI is InChI=1S/C13H25NO2/c1-13(2,16)12(15)14(3)10-9-11-7-5-4-6-8-11/h11,16H,4-10H2,1-3H3. The van der Waals surface area contributed by atoms with Crippen molar-refractivity contribution in [2.75, 3.05) is 13.6 Å². The first-order valence-electron chi connectivity index (χ1n) is 6.39. The summed E-state index contributed by atoms with van der Waals surface area (Å²) in [5.74, 6) is 0.606. The number of hydrogen-bond donors (Lipinski definition) is 1. The summed E-state index contributed by atoms with van der Waals surface area (Å²) in [7, 11) is 1.78. The van der Waals surface area contributed by atoms with Crippen molar-refractivity contribution in [2.45, 2.75) is 58.0 Å². The van der Waals surface area contributed by atoms with Crippen LogP contribution in [-0.2, 0) is 4.79 Å². The summed E-state index contributed by atoms with van der Waals surface area (Å²) in [5, 5.41) is 9.60. The molecule has 94 valence electrons. The van der Waals surface area contributed by atoms with E-state index in [-0.39, 0.29) is 5.91 Å². The number of aliphatic hydroxyl groups is 1. The van der Waals surface area contributed by atoms with Gasteiger partial charge in [-0.3, -0.25) is 4.79 Å². The van der Waals surface area contributed by atoms with Gasteiger partial charge in [0.15, 0.2) is 0 Å². The van der Waals surface area contributed by atoms with Gasteiger partial charge in [-0.2, -0.15) is 0 Å². The summed E-state index contributed by atoms with van der Waals surface area (Å²) in [5.41, 5.74) is -1.23. The molecule has 1 amide bonds. The number of rotatable bonds is 4. The Kier molecular flexibility index (Phi) is 4.78. The average Bonchev–Trinajstić information content (AvgIpc) is 2.25. The van der Waals surface area contributed by atoms with E-state index in [0.717, 1.165) is 18.9 Å². The van der Waals surface area contributed by atoms with E-state index in [0.29, 0.717) is 0 Å². The third-order valence-corrected chi connectivity index (χ3v) is 3.47. The Labute approximate surface area is 98.8 Å². The van der Waals surface area contributed by atoms with Crippen LogP contribution in [0.15, 0.2) is 0 Å². The van der Waals surface area contributed by atoms with Gasteiger partial charge in [0.25, 0.3) is 5.91 Å². The summed E-state index contributed by atoms with van der Waals surface area (Å²) < 4.78 is 0. The summed E-state index contributed by atoms with van der Waals surface area (Å²) in [6.07, 6.45) is 7.75. The molecule has 0 aliphatic heterocycles. The summed E-state index contributed by atoms with van der Waals surface area (Å²) in [6, 6.07) is 0. The van der Waals surface area contributed by atoms with Gasteiger partial charge < -0.3 is 10.0 Å². The molecule has 1 aliphatic rings. The Balaban J connectivity index is 2.28. The third kappa shape index (κ3) is 4.12. The molecule has 0 atom stereocenters. The molecule has 0 spiro atoms. The highest BCUT2D eigenvalue weighted by Crippen LogP contribution is 2.26. The minimum Gasteiger partial charge on any atom is -0.381 e. The first kappa shape index (κ1) is 13.5. The van der Waals surface area contributed by atoms with Gasteiger partial charge in [-0.05, 0) is 26.2 Å². The van der Waals surface area contributed by atoms with Gasteiger partial charge in [0.2, 0.25) is 0 Å². The number of hydrogen-bond acceptors (Lipinski definition) is 2. The molecule has 0 bridgehead atoms. The van der Waals surface area contributed by atoms with Gasteiger partial charge in [-0.25, -0.2) is 0 Å². The number of likely N-dealkylation sites (N-methyl/N-ethyl adjacent to an activating group) is 1. The average molecular weight is 227 g/mol. The van der Waals surface area contributed by atoms with Crippen molar-refractivity contribution in [1.29, 1.82) is 0 Å². The molecular formula is C13H25NO2. The fourth-order valence-electron chi connectivity index (χ4n) is 2.42. The van der Waals surface area contributed by atoms with Crippen LogP contribution in [0.5, 0.6) is 0 Å². The van der Waals surface area contributed by atoms with Crippen molar-refractivity contribution >= 4 is 5.91 Å². The van der Waals surface area contributed by atoms with Crippen molar-refractivity contribution in [3.05, 3.63) is 0 Å². The third-order valence-electron chi connectivity index (χ3n) is 3.47. The van der Waals surface area contributed by atoms with Crippen molar-refractivity contribution in [2.24, 2.45) is 5.92 Å². The topological polar surface area (TPSA) is 40.5 Å². The van der Waals surface area contributed by atoms with Crippen LogP contribution in [-0.4, -0.2) is 35.1 Å². The molecule has 1 aliphatic carbocycles. The van der Waals surface area contributed by atoms with E-state index in [4.69, 9.17) is 0 Å². The minimum atomic E-state index is -1.23. The first-order valence-corrected chi connectivity index (χ1v) is 6.39. The van der Waals surface area contributed by atoms with Gasteiger partial charge in [0.1, 0.15) is 5.60 Å². The van der Waals surface area contributed by atoms with Gasteiger partial charge >= 0.3 is 0 Å². The van der Waals surface area contributed by atoms with E-state index in [2.05, 4.69) is 0 Å². The van der Waals surface area contributed by atoms with Crippen LogP contribution < -0.4 is 0 Å². The molecule has 3 nitrogen and oxygen atoms in total. The van der Waals surface area contributed by atoms with Gasteiger partial charge in [-0.15, -0.1) is 0 Å². The van der Waals surface area contributed by atoms with Crippen molar-refractivity contribution in [1.82, 2.24) is 4.90 Å². The van der Waals surface area contributed by atoms with Crippen LogP contribution in [0.25, 0.3) is 0 Å². The Morgan fingerprint density at radius 3 is 2.38 bits per heavy atom. The zero-order chi connectivity index (χ0) is 12.2. The molecule has 0 saturated heterocycles. The van der Waals surface area contributed by atoms with E-state index < -0.39 is 5.60 Å². The van der Waals surface area contributed by atoms with Crippen LogP contribution in [0.4, 0.5) is 0 Å². The lowest BCUT2D eigenvalue weighted by molar-refractivity contribution is -0.146. The molecule has 0 aromatic rings. The molecule has 1 N–H and O–H groups in total. The molecule has 0 aromatic carbocycles. The van der Waals surface area contributed by atoms with Crippen molar-refractivity contribution in [3.8, 4) is 0 Å². The number of carbonyl (C=O) groups is 1. The van der Waals surface area contributed by atoms with Crippen LogP contribution in [0.3, 0.4) is 0 Å². The fourth-order valence-corrected chi connectivity index (χ4v) is 2.42. The Morgan fingerprint density at radius 2 is 1.88 bits per heavy atom. The van der Waals surface area contributed by atoms with E-state index in [9.17, 15) is 9.90 Å². The largest absolute Gasteiger partial charge is 0.381 e. The first-order chi connectivity index (χ1) is 7.41. The maximum Gasteiger partial charge on any atom is 0.253 e. The predicted octanol–water partition coefficient (Wildman–Crippen LogP) is 2.19. The quantitative estimate of drug-likeness (QED) is 0.799. The Bertz CT molecular complexity index is 227. The smallest absolute Gasteiger partial charge is 0.253 e. The molecular weight excluding hydrogens is 202 g/mol. The zero-order valence-corrected chi connectivity index (χ0v) is 10.8. The normalized spacial score (nSPS) is 18.5. The van der Waals surface area contributed by atoms with Crippen molar-refractivity contribution < 1.29 is 9.90 Å². The van der Waals surface area contributed by atoms with Gasteiger partial charge in [-0.1, -0.05) is 32.1 Å². The molecule has 0 heterocycles. The number of amides is 1. The second kappa shape index (κ2) is 5.67. The molecule has 1 rings (SSSR count). The maximum absolute atomic E-state index is 11.7. The molecule has 0 aromatic heterocycles. The molecule has 0 unspecified atom stereocenters. The summed E-state index contributed by atoms with van der Waals surface area (Å²) >= 11 is 0. The van der Waals surface area contributed by atoms with E-state index in [1.807, 2.05) is 0 Å². The zero-order valence-electron chi connectivity index (χ0n) is 10.8. The predicted molar refractivity (Wildman–Crippen MR) is 65.1 cm³/mol. The molecule has 0 radical (unpaired) electrons. The summed E-state index contributed by atoms with van der Waals surface area (Å²) in [6.45, 7) is 3.87. The second-order valence-corrected chi connectivity index (χ2v) is 5.58. The maximum atomic E-state index is 11.7. The second-order valence-electron chi connectivity index (χ2n) is 5.58. The highest BCUT2D eigenvalue weighted by molar-refractivity contribution is 5.83. The van der Waals surface area contributed by atoms with E-state index in [1.165, 1.54) is 32.1 Å². The van der Waals surface area contributed by atoms with Crippen LogP contribution in [0.2, 0.25) is 0 Å². The number of nitrogens with zero attached hydrogens (tertiary/aromatic N) is 1. The van der Waals surface area contributed by atoms with Crippen LogP contribution >= 0.6 is 0 Å². The monoisotopic (exact) mass is 227 g/mol. The van der Waals surface area contributed by atoms with Crippen LogP contribution in [0, 0.1) is 5.92 Å². The van der Waals surface area contributed by atoms with Crippen molar-refractivity contribution in [3.63, 3.8) is 0 Å². The van der Waals surface area contributed by atoms with E-state index in [1.54, 1.807) is 25.8 Å². The fraction of sp³-hybridized carbons (Fsp3) is 0.923. The lowest BCUT2D eigenvalue weighted by Crippen LogP contribution is -2.43. The highest BCUT2D eigenvalue weighted by atomic mass is 16.3. The van der Waals surface area contributed by atoms with Crippen LogP contribution in [0.1, 0.15) is 52.4 Å². The van der Waals surface area contributed by atoms with E-state index >= 15 is 0 Å². The molecule has 16 heavy (non-hydrogen) atoms. The SMILES string of the molecule is CN(CCC1CCCCC1)C(=O)C(C)(C)O. The lowest BCUT2D eigenvalue weighted by atomic mass is 9.87. The lowest BCUT2D eigenvalue weighted by Gasteiger charge is -2.28. The minimum absolute atomic E-state index is 0.177.